The third-order valence-electron chi connectivity index (χ3n) is 2.52. The minimum absolute atomic E-state index is 0.0347. The molecule has 0 saturated heterocycles. The summed E-state index contributed by atoms with van der Waals surface area (Å²) in [5, 5.41) is 4.81. The SMILES string of the molecule is O=C(NCc1ccccc1F)Nc1ccccc1F. The molecule has 2 aromatic carbocycles. The molecule has 19 heavy (non-hydrogen) atoms. The number of urea groups is 1. The van der Waals surface area contributed by atoms with Gasteiger partial charge in [-0.3, -0.25) is 0 Å². The first-order valence-electron chi connectivity index (χ1n) is 5.69. The maximum absolute atomic E-state index is 13.3. The monoisotopic (exact) mass is 262 g/mol. The molecule has 2 N–H and O–H groups in total. The lowest BCUT2D eigenvalue weighted by atomic mass is 10.2. The summed E-state index contributed by atoms with van der Waals surface area (Å²) < 4.78 is 26.6. The molecule has 0 saturated carbocycles. The summed E-state index contributed by atoms with van der Waals surface area (Å²) in [6.45, 7) is 0.0347. The Balaban J connectivity index is 1.92. The zero-order valence-corrected chi connectivity index (χ0v) is 9.99. The second-order valence-corrected chi connectivity index (χ2v) is 3.88. The van der Waals surface area contributed by atoms with E-state index in [9.17, 15) is 13.6 Å². The van der Waals surface area contributed by atoms with Crippen molar-refractivity contribution in [2.24, 2.45) is 0 Å². The fourth-order valence-corrected chi connectivity index (χ4v) is 1.55. The van der Waals surface area contributed by atoms with Crippen LogP contribution in [-0.4, -0.2) is 6.03 Å². The van der Waals surface area contributed by atoms with Crippen LogP contribution in [0.3, 0.4) is 0 Å². The molecule has 0 spiro atoms. The van der Waals surface area contributed by atoms with Crippen molar-refractivity contribution in [2.75, 3.05) is 5.32 Å². The zero-order valence-electron chi connectivity index (χ0n) is 9.99. The molecular weight excluding hydrogens is 250 g/mol. The van der Waals surface area contributed by atoms with Gasteiger partial charge in [0.1, 0.15) is 11.6 Å². The van der Waals surface area contributed by atoms with Crippen molar-refractivity contribution in [3.63, 3.8) is 0 Å². The molecule has 0 radical (unpaired) electrons. The predicted octanol–water partition coefficient (Wildman–Crippen LogP) is 3.29. The highest BCUT2D eigenvalue weighted by Gasteiger charge is 2.06. The van der Waals surface area contributed by atoms with Crippen molar-refractivity contribution >= 4 is 11.7 Å². The van der Waals surface area contributed by atoms with Crippen molar-refractivity contribution in [1.82, 2.24) is 5.32 Å². The third-order valence-corrected chi connectivity index (χ3v) is 2.52. The average Bonchev–Trinajstić information content (AvgIpc) is 2.40. The van der Waals surface area contributed by atoms with Crippen LogP contribution in [0.4, 0.5) is 19.3 Å². The topological polar surface area (TPSA) is 41.1 Å². The van der Waals surface area contributed by atoms with Gasteiger partial charge in [-0.15, -0.1) is 0 Å². The molecule has 98 valence electrons. The Labute approximate surface area is 109 Å². The Bertz CT molecular complexity index is 587. The van der Waals surface area contributed by atoms with Crippen LogP contribution >= 0.6 is 0 Å². The average molecular weight is 262 g/mol. The minimum atomic E-state index is -0.589. The largest absolute Gasteiger partial charge is 0.334 e. The molecule has 0 bridgehead atoms. The van der Waals surface area contributed by atoms with E-state index in [-0.39, 0.29) is 12.2 Å². The Hall–Kier alpha value is -2.43. The number of rotatable bonds is 3. The van der Waals surface area contributed by atoms with Gasteiger partial charge < -0.3 is 10.6 Å². The standard InChI is InChI=1S/C14H12F2N2O/c15-11-6-2-1-5-10(11)9-17-14(19)18-13-8-4-3-7-12(13)16/h1-8H,9H2,(H2,17,18,19). The number of carbonyl (C=O) groups excluding carboxylic acids is 1. The van der Waals surface area contributed by atoms with Crippen molar-refractivity contribution in [3.8, 4) is 0 Å². The van der Waals surface area contributed by atoms with Crippen LogP contribution in [0.5, 0.6) is 0 Å². The highest BCUT2D eigenvalue weighted by atomic mass is 19.1. The van der Waals surface area contributed by atoms with Crippen LogP contribution in [-0.2, 0) is 6.54 Å². The Morgan fingerprint density at radius 3 is 2.26 bits per heavy atom. The van der Waals surface area contributed by atoms with Crippen LogP contribution in [0.15, 0.2) is 48.5 Å². The molecule has 2 aromatic rings. The summed E-state index contributed by atoms with van der Waals surface area (Å²) in [6.07, 6.45) is 0. The third kappa shape index (κ3) is 3.51. The Kier molecular flexibility index (Phi) is 4.07. The Morgan fingerprint density at radius 1 is 0.947 bits per heavy atom. The first kappa shape index (κ1) is 13.0. The van der Waals surface area contributed by atoms with E-state index in [0.29, 0.717) is 5.56 Å². The number of anilines is 1. The number of para-hydroxylation sites is 1. The van der Waals surface area contributed by atoms with E-state index in [1.165, 1.54) is 24.3 Å². The highest BCUT2D eigenvalue weighted by molar-refractivity contribution is 5.89. The number of halogens is 2. The molecule has 3 nitrogen and oxygen atoms in total. The maximum Gasteiger partial charge on any atom is 0.319 e. The second kappa shape index (κ2) is 5.95. The van der Waals surface area contributed by atoms with E-state index in [1.807, 2.05) is 0 Å². The molecular formula is C14H12F2N2O. The van der Waals surface area contributed by atoms with Crippen molar-refractivity contribution in [3.05, 3.63) is 65.7 Å². The first-order valence-corrected chi connectivity index (χ1v) is 5.69. The van der Waals surface area contributed by atoms with Gasteiger partial charge >= 0.3 is 6.03 Å². The van der Waals surface area contributed by atoms with E-state index in [0.717, 1.165) is 0 Å². The normalized spacial score (nSPS) is 10.0. The van der Waals surface area contributed by atoms with Crippen LogP contribution < -0.4 is 10.6 Å². The van der Waals surface area contributed by atoms with Gasteiger partial charge in [-0.25, -0.2) is 13.6 Å². The van der Waals surface area contributed by atoms with E-state index in [2.05, 4.69) is 10.6 Å². The Morgan fingerprint density at radius 2 is 1.58 bits per heavy atom. The number of nitrogens with one attached hydrogen (secondary N) is 2. The lowest BCUT2D eigenvalue weighted by Crippen LogP contribution is -2.28. The molecule has 0 atom stereocenters. The van der Waals surface area contributed by atoms with Crippen LogP contribution in [0, 0.1) is 11.6 Å². The highest BCUT2D eigenvalue weighted by Crippen LogP contribution is 2.12. The molecule has 0 aliphatic rings. The molecule has 0 heterocycles. The van der Waals surface area contributed by atoms with E-state index in [1.54, 1.807) is 24.3 Å². The maximum atomic E-state index is 13.3. The summed E-state index contributed by atoms with van der Waals surface area (Å²) in [4.78, 5) is 11.5. The van der Waals surface area contributed by atoms with Crippen molar-refractivity contribution in [2.45, 2.75) is 6.54 Å². The smallest absolute Gasteiger partial charge is 0.319 e. The first-order chi connectivity index (χ1) is 9.16. The number of hydrogen-bond donors (Lipinski definition) is 2. The van der Waals surface area contributed by atoms with E-state index >= 15 is 0 Å². The van der Waals surface area contributed by atoms with Crippen molar-refractivity contribution in [1.29, 1.82) is 0 Å². The van der Waals surface area contributed by atoms with Gasteiger partial charge in [-0.1, -0.05) is 30.3 Å². The van der Waals surface area contributed by atoms with Gasteiger partial charge in [-0.05, 0) is 18.2 Å². The molecule has 0 aliphatic heterocycles. The molecule has 2 amide bonds. The van der Waals surface area contributed by atoms with Gasteiger partial charge in [0, 0.05) is 12.1 Å². The molecule has 0 fully saturated rings. The van der Waals surface area contributed by atoms with Gasteiger partial charge in [0.2, 0.25) is 0 Å². The number of carbonyl (C=O) groups is 1. The summed E-state index contributed by atoms with van der Waals surface area (Å²) in [7, 11) is 0. The number of benzene rings is 2. The number of hydrogen-bond acceptors (Lipinski definition) is 1. The van der Waals surface area contributed by atoms with Crippen molar-refractivity contribution < 1.29 is 13.6 Å². The fraction of sp³-hybridized carbons (Fsp3) is 0.0714. The van der Waals surface area contributed by atoms with Crippen LogP contribution in [0.2, 0.25) is 0 Å². The van der Waals surface area contributed by atoms with Gasteiger partial charge in [-0.2, -0.15) is 0 Å². The second-order valence-electron chi connectivity index (χ2n) is 3.88. The molecule has 2 rings (SSSR count). The molecule has 0 aliphatic carbocycles. The minimum Gasteiger partial charge on any atom is -0.334 e. The van der Waals surface area contributed by atoms with Gasteiger partial charge in [0.05, 0.1) is 5.69 Å². The summed E-state index contributed by atoms with van der Waals surface area (Å²) in [5.41, 5.74) is 0.444. The molecule has 5 heteroatoms. The summed E-state index contributed by atoms with van der Waals surface area (Å²) in [6, 6.07) is 11.4. The zero-order chi connectivity index (χ0) is 13.7. The lowest BCUT2D eigenvalue weighted by Gasteiger charge is -2.08. The predicted molar refractivity (Wildman–Crippen MR) is 68.7 cm³/mol. The van der Waals surface area contributed by atoms with Crippen LogP contribution in [0.1, 0.15) is 5.56 Å². The number of amides is 2. The summed E-state index contributed by atoms with van der Waals surface area (Å²) >= 11 is 0. The van der Waals surface area contributed by atoms with E-state index < -0.39 is 17.7 Å². The summed E-state index contributed by atoms with van der Waals surface area (Å²) in [5.74, 6) is -0.919. The molecule has 0 unspecified atom stereocenters. The molecule has 0 aromatic heterocycles. The lowest BCUT2D eigenvalue weighted by molar-refractivity contribution is 0.251. The van der Waals surface area contributed by atoms with Crippen LogP contribution in [0.25, 0.3) is 0 Å². The van der Waals surface area contributed by atoms with Gasteiger partial charge in [0.25, 0.3) is 0 Å². The van der Waals surface area contributed by atoms with Gasteiger partial charge in [0.15, 0.2) is 0 Å². The quantitative estimate of drug-likeness (QED) is 0.875. The van der Waals surface area contributed by atoms with E-state index in [4.69, 9.17) is 0 Å². The fourth-order valence-electron chi connectivity index (χ4n) is 1.55.